The van der Waals surface area contributed by atoms with Gasteiger partial charge in [-0.3, -0.25) is 0 Å². The number of rotatable bonds is 9. The van der Waals surface area contributed by atoms with Gasteiger partial charge in [-0.2, -0.15) is 8.78 Å². The number of alkyl halides is 2. The summed E-state index contributed by atoms with van der Waals surface area (Å²) in [7, 11) is 0. The van der Waals surface area contributed by atoms with Crippen LogP contribution in [0.3, 0.4) is 0 Å². The Bertz CT molecular complexity index is 856. The van der Waals surface area contributed by atoms with Gasteiger partial charge in [-0.15, -0.1) is 10.2 Å². The predicted octanol–water partition coefficient (Wildman–Crippen LogP) is 2.87. The third-order valence-electron chi connectivity index (χ3n) is 4.67. The number of para-hydroxylation sites is 1. The summed E-state index contributed by atoms with van der Waals surface area (Å²) in [6.07, 6.45) is 3.21. The average molecular weight is 422 g/mol. The van der Waals surface area contributed by atoms with Gasteiger partial charge in [0.2, 0.25) is 0 Å². The van der Waals surface area contributed by atoms with Crippen LogP contribution in [0.5, 0.6) is 11.5 Å². The first-order chi connectivity index (χ1) is 14.6. The monoisotopic (exact) mass is 422 g/mol. The lowest BCUT2D eigenvalue weighted by molar-refractivity contribution is -0.0520. The first-order valence-electron chi connectivity index (χ1n) is 10.2. The van der Waals surface area contributed by atoms with E-state index in [9.17, 15) is 8.78 Å². The third kappa shape index (κ3) is 5.58. The van der Waals surface area contributed by atoms with Crippen LogP contribution in [-0.2, 0) is 26.1 Å². The van der Waals surface area contributed by atoms with Crippen LogP contribution >= 0.6 is 0 Å². The summed E-state index contributed by atoms with van der Waals surface area (Å²) in [5.41, 5.74) is 0.512. The molecule has 0 spiro atoms. The summed E-state index contributed by atoms with van der Waals surface area (Å²) in [4.78, 5) is 4.52. The molecule has 1 aliphatic heterocycles. The first-order valence-corrected chi connectivity index (χ1v) is 10.2. The van der Waals surface area contributed by atoms with Gasteiger partial charge in [0.25, 0.3) is 0 Å². The van der Waals surface area contributed by atoms with Gasteiger partial charge in [-0.05, 0) is 32.8 Å². The Morgan fingerprint density at radius 3 is 2.87 bits per heavy atom. The number of guanidine groups is 1. The molecule has 2 N–H and O–H groups in total. The molecule has 164 valence electrons. The molecular formula is C20H28F2N6O2. The number of benzene rings is 1. The van der Waals surface area contributed by atoms with Crippen LogP contribution < -0.4 is 20.1 Å². The van der Waals surface area contributed by atoms with E-state index in [1.165, 1.54) is 0 Å². The van der Waals surface area contributed by atoms with Crippen LogP contribution in [0.25, 0.3) is 0 Å². The van der Waals surface area contributed by atoms with E-state index in [1.54, 1.807) is 25.1 Å². The molecule has 1 aromatic heterocycles. The molecule has 0 saturated carbocycles. The predicted molar refractivity (Wildman–Crippen MR) is 109 cm³/mol. The number of aryl methyl sites for hydroxylation is 1. The van der Waals surface area contributed by atoms with Crippen molar-refractivity contribution in [3.8, 4) is 11.5 Å². The molecule has 0 aliphatic carbocycles. The summed E-state index contributed by atoms with van der Waals surface area (Å²) >= 11 is 0. The second-order valence-corrected chi connectivity index (χ2v) is 6.75. The number of halogens is 2. The minimum absolute atomic E-state index is 0.0143. The van der Waals surface area contributed by atoms with Crippen LogP contribution in [0.4, 0.5) is 8.78 Å². The summed E-state index contributed by atoms with van der Waals surface area (Å²) in [6.45, 7) is 3.34. The van der Waals surface area contributed by atoms with Crippen molar-refractivity contribution in [1.82, 2.24) is 25.4 Å². The second-order valence-electron chi connectivity index (χ2n) is 6.75. The first kappa shape index (κ1) is 21.8. The largest absolute Gasteiger partial charge is 0.490 e. The smallest absolute Gasteiger partial charge is 0.387 e. The van der Waals surface area contributed by atoms with E-state index >= 15 is 0 Å². The molecule has 0 radical (unpaired) electrons. The van der Waals surface area contributed by atoms with Gasteiger partial charge in [0.05, 0.1) is 19.7 Å². The number of nitrogens with one attached hydrogen (secondary N) is 2. The van der Waals surface area contributed by atoms with E-state index in [1.807, 2.05) is 6.92 Å². The van der Waals surface area contributed by atoms with Gasteiger partial charge in [0.1, 0.15) is 5.82 Å². The topological polar surface area (TPSA) is 85.6 Å². The maximum absolute atomic E-state index is 12.9. The summed E-state index contributed by atoms with van der Waals surface area (Å²) < 4.78 is 38.1. The Kier molecular flexibility index (Phi) is 7.81. The fourth-order valence-electron chi connectivity index (χ4n) is 3.35. The molecule has 0 fully saturated rings. The average Bonchev–Trinajstić information content (AvgIpc) is 3.15. The SMILES string of the molecule is CCNC(=NCc1cccc(OCC)c1OC(F)F)NCc1nnc2n1CCCC2. The van der Waals surface area contributed by atoms with Crippen molar-refractivity contribution in [1.29, 1.82) is 0 Å². The molecule has 3 rings (SSSR count). The lowest BCUT2D eigenvalue weighted by atomic mass is 10.2. The van der Waals surface area contributed by atoms with E-state index in [2.05, 4.69) is 30.4 Å². The van der Waals surface area contributed by atoms with Crippen molar-refractivity contribution in [2.45, 2.75) is 59.4 Å². The Balaban J connectivity index is 1.73. The number of nitrogens with zero attached hydrogens (tertiary/aromatic N) is 4. The number of hydrogen-bond donors (Lipinski definition) is 2. The van der Waals surface area contributed by atoms with E-state index in [4.69, 9.17) is 9.47 Å². The van der Waals surface area contributed by atoms with Crippen molar-refractivity contribution in [2.75, 3.05) is 13.2 Å². The van der Waals surface area contributed by atoms with Crippen LogP contribution in [0.1, 0.15) is 43.9 Å². The Hall–Kier alpha value is -2.91. The zero-order chi connectivity index (χ0) is 21.3. The minimum atomic E-state index is -2.94. The molecule has 1 aliphatic rings. The van der Waals surface area contributed by atoms with Crippen LogP contribution in [-0.4, -0.2) is 40.5 Å². The zero-order valence-corrected chi connectivity index (χ0v) is 17.3. The van der Waals surface area contributed by atoms with Crippen LogP contribution in [0, 0.1) is 0 Å². The fourth-order valence-corrected chi connectivity index (χ4v) is 3.35. The third-order valence-corrected chi connectivity index (χ3v) is 4.67. The molecule has 2 aromatic rings. The van der Waals surface area contributed by atoms with Crippen molar-refractivity contribution < 1.29 is 18.3 Å². The highest BCUT2D eigenvalue weighted by Crippen LogP contribution is 2.33. The molecule has 8 nitrogen and oxygen atoms in total. The highest BCUT2D eigenvalue weighted by molar-refractivity contribution is 5.79. The number of hydrogen-bond acceptors (Lipinski definition) is 5. The van der Waals surface area contributed by atoms with Crippen molar-refractivity contribution >= 4 is 5.96 Å². The maximum atomic E-state index is 12.9. The van der Waals surface area contributed by atoms with Gasteiger partial charge in [-0.1, -0.05) is 12.1 Å². The lowest BCUT2D eigenvalue weighted by Crippen LogP contribution is -2.37. The molecule has 0 saturated heterocycles. The zero-order valence-electron chi connectivity index (χ0n) is 17.3. The standard InChI is InChI=1S/C20H28F2N6O2/c1-3-23-20(25-13-17-27-26-16-10-5-6-11-28(16)17)24-12-14-8-7-9-15(29-4-2)18(14)30-19(21)22/h7-9,19H,3-6,10-13H2,1-2H3,(H2,23,24,25). The molecule has 30 heavy (non-hydrogen) atoms. The Labute approximate surface area is 174 Å². The number of ether oxygens (including phenoxy) is 2. The Morgan fingerprint density at radius 1 is 1.23 bits per heavy atom. The van der Waals surface area contributed by atoms with E-state index in [-0.39, 0.29) is 18.0 Å². The van der Waals surface area contributed by atoms with E-state index in [0.29, 0.717) is 31.2 Å². The number of aromatic nitrogens is 3. The van der Waals surface area contributed by atoms with Gasteiger partial charge in [-0.25, -0.2) is 4.99 Å². The highest BCUT2D eigenvalue weighted by atomic mass is 19.3. The van der Waals surface area contributed by atoms with E-state index < -0.39 is 6.61 Å². The lowest BCUT2D eigenvalue weighted by Gasteiger charge is -2.17. The second kappa shape index (κ2) is 10.7. The van der Waals surface area contributed by atoms with Gasteiger partial charge in [0.15, 0.2) is 23.3 Å². The number of aliphatic imine (C=N–C) groups is 1. The molecule has 10 heteroatoms. The van der Waals surface area contributed by atoms with Crippen molar-refractivity contribution in [2.24, 2.45) is 4.99 Å². The van der Waals surface area contributed by atoms with Crippen molar-refractivity contribution in [3.63, 3.8) is 0 Å². The molecule has 0 bridgehead atoms. The molecule has 0 amide bonds. The van der Waals surface area contributed by atoms with Crippen LogP contribution in [0.2, 0.25) is 0 Å². The van der Waals surface area contributed by atoms with Gasteiger partial charge >= 0.3 is 6.61 Å². The molecule has 1 aromatic carbocycles. The summed E-state index contributed by atoms with van der Waals surface area (Å²) in [5, 5.41) is 14.9. The molecule has 2 heterocycles. The molecule has 0 atom stereocenters. The minimum Gasteiger partial charge on any atom is -0.490 e. The van der Waals surface area contributed by atoms with E-state index in [0.717, 1.165) is 37.5 Å². The summed E-state index contributed by atoms with van der Waals surface area (Å²) in [5.74, 6) is 2.71. The normalized spacial score (nSPS) is 13.8. The maximum Gasteiger partial charge on any atom is 0.387 e. The Morgan fingerprint density at radius 2 is 2.10 bits per heavy atom. The van der Waals surface area contributed by atoms with Crippen LogP contribution in [0.15, 0.2) is 23.2 Å². The summed E-state index contributed by atoms with van der Waals surface area (Å²) in [6, 6.07) is 5.03. The number of fused-ring (bicyclic) bond motifs is 1. The quantitative estimate of drug-likeness (QED) is 0.478. The van der Waals surface area contributed by atoms with Gasteiger partial charge < -0.3 is 24.7 Å². The molecule has 0 unspecified atom stereocenters. The molecular weight excluding hydrogens is 394 g/mol. The van der Waals surface area contributed by atoms with Gasteiger partial charge in [0, 0.05) is 25.1 Å². The highest BCUT2D eigenvalue weighted by Gasteiger charge is 2.17. The fraction of sp³-hybridized carbons (Fsp3) is 0.550. The van der Waals surface area contributed by atoms with Crippen molar-refractivity contribution in [3.05, 3.63) is 35.4 Å².